The van der Waals surface area contributed by atoms with Gasteiger partial charge in [-0.1, -0.05) is 0 Å². The number of nitrogens with zero attached hydrogens (tertiary/aromatic N) is 3. The van der Waals surface area contributed by atoms with Gasteiger partial charge < -0.3 is 5.32 Å². The lowest BCUT2D eigenvalue weighted by Crippen LogP contribution is -2.09. The summed E-state index contributed by atoms with van der Waals surface area (Å²) in [6.45, 7) is 2.78. The third-order valence-corrected chi connectivity index (χ3v) is 3.61. The second kappa shape index (κ2) is 5.38. The van der Waals surface area contributed by atoms with Gasteiger partial charge in [0, 0.05) is 18.7 Å². The Bertz CT molecular complexity index is 543. The predicted molar refractivity (Wildman–Crippen MR) is 74.2 cm³/mol. The molecule has 0 fully saturated rings. The van der Waals surface area contributed by atoms with E-state index < -0.39 is 0 Å². The maximum absolute atomic E-state index is 4.44. The molecular formula is C14H19N5. The molecule has 2 aromatic heterocycles. The Kier molecular flexibility index (Phi) is 3.44. The maximum Gasteiger partial charge on any atom is 0.148 e. The molecule has 19 heavy (non-hydrogen) atoms. The highest BCUT2D eigenvalue weighted by Gasteiger charge is 2.16. The fourth-order valence-electron chi connectivity index (χ4n) is 2.56. The van der Waals surface area contributed by atoms with Crippen LogP contribution >= 0.6 is 0 Å². The van der Waals surface area contributed by atoms with Gasteiger partial charge in [0.25, 0.3) is 0 Å². The van der Waals surface area contributed by atoms with Gasteiger partial charge in [-0.15, -0.1) is 5.10 Å². The van der Waals surface area contributed by atoms with Crippen LogP contribution in [-0.2, 0) is 19.3 Å². The lowest BCUT2D eigenvalue weighted by Gasteiger charge is -2.11. The molecule has 5 heteroatoms. The Balaban J connectivity index is 1.57. The number of aromatic amines is 1. The van der Waals surface area contributed by atoms with Crippen molar-refractivity contribution in [2.75, 3.05) is 11.9 Å². The van der Waals surface area contributed by atoms with Gasteiger partial charge in [-0.05, 0) is 50.3 Å². The molecule has 0 spiro atoms. The summed E-state index contributed by atoms with van der Waals surface area (Å²) in [7, 11) is 0. The van der Waals surface area contributed by atoms with Crippen LogP contribution in [-0.4, -0.2) is 26.9 Å². The molecule has 3 rings (SSSR count). The first-order valence-electron chi connectivity index (χ1n) is 6.92. The summed E-state index contributed by atoms with van der Waals surface area (Å²) in [6.07, 6.45) is 5.83. The average Bonchev–Trinajstić information content (AvgIpc) is 2.85. The van der Waals surface area contributed by atoms with E-state index in [2.05, 4.69) is 25.7 Å². The smallest absolute Gasteiger partial charge is 0.148 e. The molecule has 0 aliphatic heterocycles. The van der Waals surface area contributed by atoms with Crippen molar-refractivity contribution in [3.05, 3.63) is 34.8 Å². The molecule has 0 amide bonds. The first-order chi connectivity index (χ1) is 9.33. The van der Waals surface area contributed by atoms with Crippen LogP contribution in [0.15, 0.2) is 12.1 Å². The zero-order chi connectivity index (χ0) is 13.1. The van der Waals surface area contributed by atoms with E-state index in [1.807, 2.05) is 19.1 Å². The SMILES string of the molecule is Cc1ccc(NCCc2n[nH]c3c2CCCC3)nn1. The normalized spacial score (nSPS) is 14.2. The van der Waals surface area contributed by atoms with Crippen molar-refractivity contribution in [3.63, 3.8) is 0 Å². The standard InChI is InChI=1S/C14H19N5/c1-10-6-7-14(19-16-10)15-9-8-13-11-4-2-3-5-12(11)17-18-13/h6-7H,2-5,8-9H2,1H3,(H,15,19)(H,17,18). The summed E-state index contributed by atoms with van der Waals surface area (Å²) in [6, 6.07) is 3.92. The van der Waals surface area contributed by atoms with Gasteiger partial charge in [-0.3, -0.25) is 5.10 Å². The van der Waals surface area contributed by atoms with Crippen molar-refractivity contribution in [1.82, 2.24) is 20.4 Å². The van der Waals surface area contributed by atoms with E-state index in [0.29, 0.717) is 0 Å². The zero-order valence-corrected chi connectivity index (χ0v) is 11.2. The zero-order valence-electron chi connectivity index (χ0n) is 11.2. The molecule has 2 aromatic rings. The van der Waals surface area contributed by atoms with Crippen molar-refractivity contribution in [2.24, 2.45) is 0 Å². The molecule has 1 aliphatic carbocycles. The van der Waals surface area contributed by atoms with Gasteiger partial charge in [0.2, 0.25) is 0 Å². The Morgan fingerprint density at radius 3 is 2.95 bits per heavy atom. The van der Waals surface area contributed by atoms with Gasteiger partial charge in [-0.25, -0.2) is 0 Å². The molecule has 0 bridgehead atoms. The Morgan fingerprint density at radius 2 is 2.11 bits per heavy atom. The number of nitrogens with one attached hydrogen (secondary N) is 2. The molecule has 0 unspecified atom stereocenters. The first kappa shape index (κ1) is 12.1. The highest BCUT2D eigenvalue weighted by atomic mass is 15.2. The molecule has 2 N–H and O–H groups in total. The highest BCUT2D eigenvalue weighted by Crippen LogP contribution is 2.22. The summed E-state index contributed by atoms with van der Waals surface area (Å²) in [5.41, 5.74) is 4.94. The Labute approximate surface area is 112 Å². The molecule has 0 saturated carbocycles. The summed E-state index contributed by atoms with van der Waals surface area (Å²) in [4.78, 5) is 0. The van der Waals surface area contributed by atoms with Crippen LogP contribution in [0.3, 0.4) is 0 Å². The van der Waals surface area contributed by atoms with E-state index in [4.69, 9.17) is 0 Å². The Morgan fingerprint density at radius 1 is 1.21 bits per heavy atom. The van der Waals surface area contributed by atoms with E-state index >= 15 is 0 Å². The number of aryl methyl sites for hydroxylation is 2. The van der Waals surface area contributed by atoms with E-state index in [-0.39, 0.29) is 0 Å². The van der Waals surface area contributed by atoms with Crippen LogP contribution in [0.1, 0.15) is 35.5 Å². The quantitative estimate of drug-likeness (QED) is 0.879. The van der Waals surface area contributed by atoms with Gasteiger partial charge in [0.1, 0.15) is 5.82 Å². The summed E-state index contributed by atoms with van der Waals surface area (Å²) >= 11 is 0. The number of H-pyrrole nitrogens is 1. The van der Waals surface area contributed by atoms with Crippen molar-refractivity contribution >= 4 is 5.82 Å². The third kappa shape index (κ3) is 2.75. The number of rotatable bonds is 4. The van der Waals surface area contributed by atoms with Crippen molar-refractivity contribution in [1.29, 1.82) is 0 Å². The number of hydrogen-bond acceptors (Lipinski definition) is 4. The van der Waals surface area contributed by atoms with Crippen LogP contribution in [0.25, 0.3) is 0 Å². The van der Waals surface area contributed by atoms with Crippen LogP contribution in [0, 0.1) is 6.92 Å². The van der Waals surface area contributed by atoms with Crippen LogP contribution in [0.2, 0.25) is 0 Å². The van der Waals surface area contributed by atoms with Gasteiger partial charge in [0.15, 0.2) is 0 Å². The molecule has 0 saturated heterocycles. The third-order valence-electron chi connectivity index (χ3n) is 3.61. The summed E-state index contributed by atoms with van der Waals surface area (Å²) < 4.78 is 0. The minimum Gasteiger partial charge on any atom is -0.368 e. The summed E-state index contributed by atoms with van der Waals surface area (Å²) in [5.74, 6) is 0.829. The molecule has 0 atom stereocenters. The van der Waals surface area contributed by atoms with Crippen molar-refractivity contribution in [2.45, 2.75) is 39.0 Å². The minimum absolute atomic E-state index is 0.829. The molecular weight excluding hydrogens is 238 g/mol. The van der Waals surface area contributed by atoms with Gasteiger partial charge in [0.05, 0.1) is 11.4 Å². The number of hydrogen-bond donors (Lipinski definition) is 2. The van der Waals surface area contributed by atoms with Crippen LogP contribution < -0.4 is 5.32 Å². The fourth-order valence-corrected chi connectivity index (χ4v) is 2.56. The molecule has 2 heterocycles. The number of aromatic nitrogens is 4. The van der Waals surface area contributed by atoms with Crippen LogP contribution in [0.4, 0.5) is 5.82 Å². The lowest BCUT2D eigenvalue weighted by atomic mass is 9.95. The second-order valence-electron chi connectivity index (χ2n) is 5.07. The number of anilines is 1. The molecule has 1 aliphatic rings. The largest absolute Gasteiger partial charge is 0.368 e. The molecule has 0 aromatic carbocycles. The highest BCUT2D eigenvalue weighted by molar-refractivity contribution is 5.34. The monoisotopic (exact) mass is 257 g/mol. The molecule has 5 nitrogen and oxygen atoms in total. The van der Waals surface area contributed by atoms with E-state index in [1.54, 1.807) is 0 Å². The predicted octanol–water partition coefficient (Wildman–Crippen LogP) is 2.04. The van der Waals surface area contributed by atoms with Crippen molar-refractivity contribution in [3.8, 4) is 0 Å². The van der Waals surface area contributed by atoms with Crippen LogP contribution in [0.5, 0.6) is 0 Å². The van der Waals surface area contributed by atoms with E-state index in [9.17, 15) is 0 Å². The maximum atomic E-state index is 4.44. The van der Waals surface area contributed by atoms with Crippen molar-refractivity contribution < 1.29 is 0 Å². The molecule has 100 valence electrons. The first-order valence-corrected chi connectivity index (χ1v) is 6.92. The number of fused-ring (bicyclic) bond motifs is 1. The lowest BCUT2D eigenvalue weighted by molar-refractivity contribution is 0.672. The summed E-state index contributed by atoms with van der Waals surface area (Å²) in [5, 5.41) is 19.0. The average molecular weight is 257 g/mol. The Hall–Kier alpha value is -1.91. The van der Waals surface area contributed by atoms with E-state index in [0.717, 1.165) is 30.9 Å². The van der Waals surface area contributed by atoms with E-state index in [1.165, 1.54) is 36.2 Å². The minimum atomic E-state index is 0.829. The molecule has 0 radical (unpaired) electrons. The fraction of sp³-hybridized carbons (Fsp3) is 0.500. The second-order valence-corrected chi connectivity index (χ2v) is 5.07. The topological polar surface area (TPSA) is 66.5 Å². The van der Waals surface area contributed by atoms with Gasteiger partial charge >= 0.3 is 0 Å². The van der Waals surface area contributed by atoms with Gasteiger partial charge in [-0.2, -0.15) is 10.2 Å².